The number of hydrogen-bond acceptors (Lipinski definition) is 3. The van der Waals surface area contributed by atoms with Crippen LogP contribution < -0.4 is 0 Å². The topological polar surface area (TPSA) is 43.6 Å². The van der Waals surface area contributed by atoms with Crippen molar-refractivity contribution in [2.24, 2.45) is 0 Å². The van der Waals surface area contributed by atoms with Crippen LogP contribution in [0.3, 0.4) is 0 Å². The molecule has 0 unspecified atom stereocenters. The third-order valence-electron chi connectivity index (χ3n) is 3.32. The van der Waals surface area contributed by atoms with Crippen LogP contribution in [0.15, 0.2) is 12.5 Å². The van der Waals surface area contributed by atoms with Gasteiger partial charge in [0, 0.05) is 6.04 Å². The van der Waals surface area contributed by atoms with Gasteiger partial charge < -0.3 is 4.57 Å². The Morgan fingerprint density at radius 2 is 2.06 bits per heavy atom. The van der Waals surface area contributed by atoms with E-state index in [0.717, 1.165) is 11.0 Å². The number of rotatable bonds is 1. The summed E-state index contributed by atoms with van der Waals surface area (Å²) >= 11 is 5.96. The second-order valence-corrected chi connectivity index (χ2v) is 4.67. The fraction of sp³-hybridized carbons (Fsp3) is 0.545. The Bertz CT molecular complexity index is 502. The lowest BCUT2D eigenvalue weighted by Crippen LogP contribution is -2.11. The van der Waals surface area contributed by atoms with Crippen LogP contribution in [0.25, 0.3) is 11.0 Å². The highest BCUT2D eigenvalue weighted by Gasteiger charge is 2.18. The van der Waals surface area contributed by atoms with Crippen LogP contribution in [0, 0.1) is 0 Å². The van der Waals surface area contributed by atoms with Crippen molar-refractivity contribution < 1.29 is 0 Å². The predicted molar refractivity (Wildman–Crippen MR) is 62.5 cm³/mol. The van der Waals surface area contributed by atoms with Crippen LogP contribution >= 0.6 is 11.6 Å². The zero-order valence-corrected chi connectivity index (χ0v) is 9.69. The van der Waals surface area contributed by atoms with Gasteiger partial charge in [0.2, 0.25) is 0 Å². The fourth-order valence-corrected chi connectivity index (χ4v) is 2.68. The second kappa shape index (κ2) is 4.01. The summed E-state index contributed by atoms with van der Waals surface area (Å²) in [6.07, 6.45) is 10.0. The summed E-state index contributed by atoms with van der Waals surface area (Å²) in [6.45, 7) is 0. The number of hydrogen-bond donors (Lipinski definition) is 0. The molecule has 0 amide bonds. The molecule has 16 heavy (non-hydrogen) atoms. The summed E-state index contributed by atoms with van der Waals surface area (Å²) < 4.78 is 2.20. The van der Waals surface area contributed by atoms with Crippen LogP contribution in [0.1, 0.15) is 38.1 Å². The number of halogens is 1. The van der Waals surface area contributed by atoms with Crippen LogP contribution in [0.5, 0.6) is 0 Å². The molecule has 2 heterocycles. The third kappa shape index (κ3) is 1.57. The van der Waals surface area contributed by atoms with Crippen LogP contribution in [-0.4, -0.2) is 19.7 Å². The Morgan fingerprint density at radius 1 is 1.25 bits per heavy atom. The molecule has 0 bridgehead atoms. The van der Waals surface area contributed by atoms with Gasteiger partial charge in [-0.05, 0) is 12.8 Å². The number of imidazole rings is 1. The SMILES string of the molecule is Clc1nncc2c1ncn2C1CCCCC1. The van der Waals surface area contributed by atoms with Gasteiger partial charge in [0.1, 0.15) is 5.52 Å². The van der Waals surface area contributed by atoms with Gasteiger partial charge in [0.15, 0.2) is 5.15 Å². The van der Waals surface area contributed by atoms with Crippen molar-refractivity contribution in [3.05, 3.63) is 17.7 Å². The standard InChI is InChI=1S/C11H13ClN4/c12-11-10-9(6-14-15-11)16(7-13-10)8-4-2-1-3-5-8/h6-8H,1-5H2. The molecule has 0 aromatic carbocycles. The van der Waals surface area contributed by atoms with Crippen molar-refractivity contribution in [3.8, 4) is 0 Å². The van der Waals surface area contributed by atoms with Crippen LogP contribution in [0.2, 0.25) is 5.15 Å². The van der Waals surface area contributed by atoms with Gasteiger partial charge in [-0.1, -0.05) is 30.9 Å². The lowest BCUT2D eigenvalue weighted by Gasteiger charge is -2.23. The molecule has 0 saturated heterocycles. The van der Waals surface area contributed by atoms with E-state index < -0.39 is 0 Å². The minimum absolute atomic E-state index is 0.395. The molecule has 0 spiro atoms. The quantitative estimate of drug-likeness (QED) is 0.765. The molecule has 0 aliphatic heterocycles. The van der Waals surface area contributed by atoms with Gasteiger partial charge in [0.05, 0.1) is 18.0 Å². The molecule has 5 heteroatoms. The van der Waals surface area contributed by atoms with E-state index in [9.17, 15) is 0 Å². The Hall–Kier alpha value is -1.16. The highest BCUT2D eigenvalue weighted by Crippen LogP contribution is 2.31. The number of fused-ring (bicyclic) bond motifs is 1. The summed E-state index contributed by atoms with van der Waals surface area (Å²) in [5, 5.41) is 8.10. The van der Waals surface area contributed by atoms with Gasteiger partial charge in [-0.25, -0.2) is 4.98 Å². The predicted octanol–water partition coefficient (Wildman–Crippen LogP) is 2.98. The smallest absolute Gasteiger partial charge is 0.179 e. The molecule has 4 nitrogen and oxygen atoms in total. The molecule has 0 N–H and O–H groups in total. The van der Waals surface area contributed by atoms with E-state index in [1.54, 1.807) is 6.20 Å². The van der Waals surface area contributed by atoms with Crippen LogP contribution in [-0.2, 0) is 0 Å². The second-order valence-electron chi connectivity index (χ2n) is 4.31. The summed E-state index contributed by atoms with van der Waals surface area (Å²) in [5.74, 6) is 0. The van der Waals surface area contributed by atoms with E-state index in [2.05, 4.69) is 19.7 Å². The molecule has 2 aromatic heterocycles. The highest BCUT2D eigenvalue weighted by molar-refractivity contribution is 6.33. The molecular formula is C11H13ClN4. The molecule has 3 rings (SSSR count). The minimum Gasteiger partial charge on any atom is -0.326 e. The summed E-state index contributed by atoms with van der Waals surface area (Å²) in [7, 11) is 0. The Morgan fingerprint density at radius 3 is 2.88 bits per heavy atom. The normalized spacial score (nSPS) is 18.1. The zero-order valence-electron chi connectivity index (χ0n) is 8.93. The maximum Gasteiger partial charge on any atom is 0.179 e. The van der Waals surface area contributed by atoms with Gasteiger partial charge in [-0.15, -0.1) is 5.10 Å². The number of aromatic nitrogens is 4. The first-order valence-corrected chi connectivity index (χ1v) is 6.08. The zero-order chi connectivity index (χ0) is 11.0. The first-order valence-electron chi connectivity index (χ1n) is 5.70. The molecule has 1 aliphatic carbocycles. The van der Waals surface area contributed by atoms with E-state index in [4.69, 9.17) is 11.6 Å². The largest absolute Gasteiger partial charge is 0.326 e. The average Bonchev–Trinajstić information content (AvgIpc) is 2.75. The Kier molecular flexibility index (Phi) is 2.52. The maximum absolute atomic E-state index is 5.96. The van der Waals surface area contributed by atoms with Crippen molar-refractivity contribution in [3.63, 3.8) is 0 Å². The van der Waals surface area contributed by atoms with Crippen LogP contribution in [0.4, 0.5) is 0 Å². The molecule has 0 atom stereocenters. The fourth-order valence-electron chi connectivity index (χ4n) is 2.49. The summed E-state index contributed by atoms with van der Waals surface area (Å²) in [6, 6.07) is 0.555. The molecule has 1 fully saturated rings. The van der Waals surface area contributed by atoms with Crippen molar-refractivity contribution in [2.75, 3.05) is 0 Å². The third-order valence-corrected chi connectivity index (χ3v) is 3.58. The number of nitrogens with zero attached hydrogens (tertiary/aromatic N) is 4. The first kappa shape index (κ1) is 10.0. The van der Waals surface area contributed by atoms with E-state index >= 15 is 0 Å². The van der Waals surface area contributed by atoms with Crippen molar-refractivity contribution in [1.29, 1.82) is 0 Å². The molecule has 1 aliphatic rings. The Balaban J connectivity index is 2.06. The first-order chi connectivity index (χ1) is 7.86. The van der Waals surface area contributed by atoms with Gasteiger partial charge in [0.25, 0.3) is 0 Å². The monoisotopic (exact) mass is 236 g/mol. The Labute approximate surface area is 98.6 Å². The lowest BCUT2D eigenvalue weighted by atomic mass is 9.95. The molecule has 0 radical (unpaired) electrons. The lowest BCUT2D eigenvalue weighted by molar-refractivity contribution is 0.359. The average molecular weight is 237 g/mol. The van der Waals surface area contributed by atoms with Gasteiger partial charge in [-0.3, -0.25) is 0 Å². The van der Waals surface area contributed by atoms with Gasteiger partial charge >= 0.3 is 0 Å². The van der Waals surface area contributed by atoms with E-state index in [1.807, 2.05) is 6.33 Å². The van der Waals surface area contributed by atoms with E-state index in [-0.39, 0.29) is 0 Å². The van der Waals surface area contributed by atoms with E-state index in [0.29, 0.717) is 11.2 Å². The molecule has 2 aromatic rings. The maximum atomic E-state index is 5.96. The molecule has 1 saturated carbocycles. The van der Waals surface area contributed by atoms with Crippen molar-refractivity contribution in [2.45, 2.75) is 38.1 Å². The highest BCUT2D eigenvalue weighted by atomic mass is 35.5. The van der Waals surface area contributed by atoms with Crippen molar-refractivity contribution in [1.82, 2.24) is 19.7 Å². The van der Waals surface area contributed by atoms with Crippen molar-refractivity contribution >= 4 is 22.6 Å². The summed E-state index contributed by atoms with van der Waals surface area (Å²) in [4.78, 5) is 4.32. The minimum atomic E-state index is 0.395. The molecule has 84 valence electrons. The summed E-state index contributed by atoms with van der Waals surface area (Å²) in [5.41, 5.74) is 1.77. The van der Waals surface area contributed by atoms with E-state index in [1.165, 1.54) is 32.1 Å². The molecular weight excluding hydrogens is 224 g/mol. The van der Waals surface area contributed by atoms with Gasteiger partial charge in [-0.2, -0.15) is 5.10 Å².